The first-order valence-corrected chi connectivity index (χ1v) is 6.14. The van der Waals surface area contributed by atoms with Crippen LogP contribution in [-0.2, 0) is 6.54 Å². The molecule has 1 heterocycles. The van der Waals surface area contributed by atoms with Gasteiger partial charge in [0.1, 0.15) is 5.82 Å². The van der Waals surface area contributed by atoms with E-state index in [-0.39, 0.29) is 5.82 Å². The maximum Gasteiger partial charge on any atom is 0.126 e. The number of halogens is 1. The minimum Gasteiger partial charge on any atom is -0.381 e. The summed E-state index contributed by atoms with van der Waals surface area (Å²) in [4.78, 5) is 0. The van der Waals surface area contributed by atoms with Crippen molar-refractivity contribution >= 4 is 16.6 Å². The van der Waals surface area contributed by atoms with Crippen molar-refractivity contribution in [2.75, 3.05) is 5.32 Å². The van der Waals surface area contributed by atoms with Crippen molar-refractivity contribution in [3.05, 3.63) is 59.5 Å². The number of aryl methyl sites for hydroxylation is 1. The van der Waals surface area contributed by atoms with E-state index < -0.39 is 0 Å². The molecule has 19 heavy (non-hydrogen) atoms. The monoisotopic (exact) mass is 255 g/mol. The molecule has 0 saturated carbocycles. The van der Waals surface area contributed by atoms with Gasteiger partial charge in [0.25, 0.3) is 0 Å². The molecular weight excluding hydrogens is 241 g/mol. The van der Waals surface area contributed by atoms with Gasteiger partial charge in [0.15, 0.2) is 0 Å². The third-order valence-corrected chi connectivity index (χ3v) is 3.17. The smallest absolute Gasteiger partial charge is 0.126 e. The van der Waals surface area contributed by atoms with Gasteiger partial charge in [-0.05, 0) is 42.3 Å². The van der Waals surface area contributed by atoms with E-state index in [9.17, 15) is 4.39 Å². The van der Waals surface area contributed by atoms with E-state index in [2.05, 4.69) is 15.5 Å². The number of H-pyrrole nitrogens is 1. The SMILES string of the molecule is Cc1ccc(CNc2ccc3cn[nH]c3c2)cc1F. The number of aromatic amines is 1. The molecule has 0 amide bonds. The number of rotatable bonds is 3. The summed E-state index contributed by atoms with van der Waals surface area (Å²) in [7, 11) is 0. The molecule has 0 aliphatic heterocycles. The third kappa shape index (κ3) is 2.42. The fourth-order valence-corrected chi connectivity index (χ4v) is 2.00. The Morgan fingerprint density at radius 1 is 1.21 bits per heavy atom. The molecular formula is C15H14FN3. The lowest BCUT2D eigenvalue weighted by Crippen LogP contribution is -2.00. The molecule has 0 spiro atoms. The van der Waals surface area contributed by atoms with Gasteiger partial charge in [0.05, 0.1) is 11.7 Å². The first kappa shape index (κ1) is 11.7. The zero-order valence-corrected chi connectivity index (χ0v) is 10.6. The molecule has 0 radical (unpaired) electrons. The van der Waals surface area contributed by atoms with Crippen LogP contribution in [0.4, 0.5) is 10.1 Å². The lowest BCUT2D eigenvalue weighted by molar-refractivity contribution is 0.616. The van der Waals surface area contributed by atoms with Crippen LogP contribution in [0.2, 0.25) is 0 Å². The third-order valence-electron chi connectivity index (χ3n) is 3.17. The van der Waals surface area contributed by atoms with Crippen LogP contribution in [-0.4, -0.2) is 10.2 Å². The first-order chi connectivity index (χ1) is 9.22. The van der Waals surface area contributed by atoms with Crippen LogP contribution < -0.4 is 5.32 Å². The van der Waals surface area contributed by atoms with Crippen LogP contribution in [0.15, 0.2) is 42.6 Å². The molecule has 3 rings (SSSR count). The Hall–Kier alpha value is -2.36. The number of nitrogens with zero attached hydrogens (tertiary/aromatic N) is 1. The standard InChI is InChI=1S/C15H14FN3/c1-10-2-3-11(6-14(10)16)8-17-13-5-4-12-9-18-19-15(12)7-13/h2-7,9,17H,8H2,1H3,(H,18,19). The predicted molar refractivity (Wildman–Crippen MR) is 74.6 cm³/mol. The lowest BCUT2D eigenvalue weighted by atomic mass is 10.1. The molecule has 2 aromatic carbocycles. The van der Waals surface area contributed by atoms with Gasteiger partial charge >= 0.3 is 0 Å². The Morgan fingerprint density at radius 3 is 2.95 bits per heavy atom. The minimum absolute atomic E-state index is 0.164. The first-order valence-electron chi connectivity index (χ1n) is 6.14. The highest BCUT2D eigenvalue weighted by Crippen LogP contribution is 2.17. The molecule has 0 atom stereocenters. The molecule has 3 nitrogen and oxygen atoms in total. The van der Waals surface area contributed by atoms with Crippen LogP contribution in [0.3, 0.4) is 0 Å². The van der Waals surface area contributed by atoms with Gasteiger partial charge in [0, 0.05) is 17.6 Å². The fourth-order valence-electron chi connectivity index (χ4n) is 2.00. The summed E-state index contributed by atoms with van der Waals surface area (Å²) in [6.07, 6.45) is 1.79. The van der Waals surface area contributed by atoms with Crippen molar-refractivity contribution < 1.29 is 4.39 Å². The van der Waals surface area contributed by atoms with Crippen molar-refractivity contribution in [3.8, 4) is 0 Å². The fraction of sp³-hybridized carbons (Fsp3) is 0.133. The Bertz CT molecular complexity index is 718. The van der Waals surface area contributed by atoms with Gasteiger partial charge in [-0.25, -0.2) is 4.39 Å². The normalized spacial score (nSPS) is 10.8. The van der Waals surface area contributed by atoms with Crippen LogP contribution in [0.1, 0.15) is 11.1 Å². The average molecular weight is 255 g/mol. The number of aromatic nitrogens is 2. The second-order valence-corrected chi connectivity index (χ2v) is 4.61. The summed E-state index contributed by atoms with van der Waals surface area (Å²) in [6.45, 7) is 2.36. The molecule has 1 aromatic heterocycles. The summed E-state index contributed by atoms with van der Waals surface area (Å²) >= 11 is 0. The molecule has 3 aromatic rings. The van der Waals surface area contributed by atoms with Crippen LogP contribution in [0.25, 0.3) is 10.9 Å². The zero-order valence-electron chi connectivity index (χ0n) is 10.6. The molecule has 0 aliphatic rings. The molecule has 0 fully saturated rings. The molecule has 0 unspecified atom stereocenters. The summed E-state index contributed by atoms with van der Waals surface area (Å²) in [6, 6.07) is 11.3. The minimum atomic E-state index is -0.164. The maximum absolute atomic E-state index is 13.4. The second kappa shape index (κ2) is 4.72. The largest absolute Gasteiger partial charge is 0.381 e. The Morgan fingerprint density at radius 2 is 2.11 bits per heavy atom. The van der Waals surface area contributed by atoms with Gasteiger partial charge in [-0.15, -0.1) is 0 Å². The van der Waals surface area contributed by atoms with E-state index in [0.717, 1.165) is 22.2 Å². The summed E-state index contributed by atoms with van der Waals surface area (Å²) in [5.74, 6) is -0.164. The van der Waals surface area contributed by atoms with E-state index >= 15 is 0 Å². The molecule has 4 heteroatoms. The number of benzene rings is 2. The summed E-state index contributed by atoms with van der Waals surface area (Å²) < 4.78 is 13.4. The van der Waals surface area contributed by atoms with E-state index in [0.29, 0.717) is 12.1 Å². The van der Waals surface area contributed by atoms with Crippen molar-refractivity contribution in [2.45, 2.75) is 13.5 Å². The van der Waals surface area contributed by atoms with E-state index in [4.69, 9.17) is 0 Å². The number of hydrogen-bond acceptors (Lipinski definition) is 2. The topological polar surface area (TPSA) is 40.7 Å². The molecule has 0 bridgehead atoms. The average Bonchev–Trinajstić information content (AvgIpc) is 2.87. The molecule has 0 saturated heterocycles. The van der Waals surface area contributed by atoms with Crippen molar-refractivity contribution in [2.24, 2.45) is 0 Å². The highest BCUT2D eigenvalue weighted by molar-refractivity contribution is 5.81. The van der Waals surface area contributed by atoms with Crippen molar-refractivity contribution in [1.29, 1.82) is 0 Å². The van der Waals surface area contributed by atoms with Gasteiger partial charge in [-0.3, -0.25) is 5.10 Å². The zero-order chi connectivity index (χ0) is 13.2. The quantitative estimate of drug-likeness (QED) is 0.750. The van der Waals surface area contributed by atoms with Gasteiger partial charge < -0.3 is 5.32 Å². The van der Waals surface area contributed by atoms with E-state index in [1.165, 1.54) is 0 Å². The van der Waals surface area contributed by atoms with Crippen molar-refractivity contribution in [1.82, 2.24) is 10.2 Å². The second-order valence-electron chi connectivity index (χ2n) is 4.61. The number of nitrogens with one attached hydrogen (secondary N) is 2. The highest BCUT2D eigenvalue weighted by atomic mass is 19.1. The lowest BCUT2D eigenvalue weighted by Gasteiger charge is -2.07. The van der Waals surface area contributed by atoms with Gasteiger partial charge in [-0.1, -0.05) is 12.1 Å². The number of fused-ring (bicyclic) bond motifs is 1. The Kier molecular flexibility index (Phi) is 2.91. The molecule has 96 valence electrons. The van der Waals surface area contributed by atoms with Crippen LogP contribution >= 0.6 is 0 Å². The van der Waals surface area contributed by atoms with Crippen LogP contribution in [0, 0.1) is 12.7 Å². The number of hydrogen-bond donors (Lipinski definition) is 2. The molecule has 0 aliphatic carbocycles. The molecule has 2 N–H and O–H groups in total. The highest BCUT2D eigenvalue weighted by Gasteiger charge is 2.01. The maximum atomic E-state index is 13.4. The number of anilines is 1. The van der Waals surface area contributed by atoms with Crippen molar-refractivity contribution in [3.63, 3.8) is 0 Å². The van der Waals surface area contributed by atoms with Crippen LogP contribution in [0.5, 0.6) is 0 Å². The summed E-state index contributed by atoms with van der Waals surface area (Å²) in [5, 5.41) is 11.3. The van der Waals surface area contributed by atoms with Gasteiger partial charge in [-0.2, -0.15) is 5.10 Å². The predicted octanol–water partition coefficient (Wildman–Crippen LogP) is 3.62. The summed E-state index contributed by atoms with van der Waals surface area (Å²) in [5.41, 5.74) is 3.56. The Balaban J connectivity index is 1.75. The Labute approximate surface area is 110 Å². The van der Waals surface area contributed by atoms with E-state index in [1.54, 1.807) is 25.3 Å². The van der Waals surface area contributed by atoms with E-state index in [1.807, 2.05) is 24.3 Å². The van der Waals surface area contributed by atoms with Gasteiger partial charge in [0.2, 0.25) is 0 Å².